The van der Waals surface area contributed by atoms with E-state index in [9.17, 15) is 4.79 Å². The number of nitrogens with zero attached hydrogens (tertiary/aromatic N) is 3. The van der Waals surface area contributed by atoms with E-state index in [1.165, 1.54) is 0 Å². The van der Waals surface area contributed by atoms with Gasteiger partial charge in [0.15, 0.2) is 11.5 Å². The molecule has 0 N–H and O–H groups in total. The fourth-order valence-corrected chi connectivity index (χ4v) is 3.00. The Hall–Kier alpha value is -3.09. The van der Waals surface area contributed by atoms with Crippen LogP contribution in [0.15, 0.2) is 42.9 Å². The quantitative estimate of drug-likeness (QED) is 0.785. The van der Waals surface area contributed by atoms with Crippen molar-refractivity contribution in [3.8, 4) is 17.4 Å². The van der Waals surface area contributed by atoms with Gasteiger partial charge in [-0.2, -0.15) is 0 Å². The average molecular weight is 353 g/mol. The number of benzene rings is 1. The number of rotatable bonds is 4. The first-order valence-corrected chi connectivity index (χ1v) is 8.57. The molecule has 1 aromatic carbocycles. The van der Waals surface area contributed by atoms with Crippen molar-refractivity contribution in [3.05, 3.63) is 48.4 Å². The van der Waals surface area contributed by atoms with E-state index in [4.69, 9.17) is 14.2 Å². The second-order valence-corrected chi connectivity index (χ2v) is 6.13. The van der Waals surface area contributed by atoms with Crippen molar-refractivity contribution >= 4 is 12.0 Å². The minimum atomic E-state index is 0.000574. The minimum absolute atomic E-state index is 0.000574. The first kappa shape index (κ1) is 16.4. The Balaban J connectivity index is 1.29. The van der Waals surface area contributed by atoms with Gasteiger partial charge in [0.25, 0.3) is 0 Å². The predicted octanol–water partition coefficient (Wildman–Crippen LogP) is 2.29. The molecule has 0 spiro atoms. The number of likely N-dealkylation sites (tertiary alicyclic amines) is 1. The highest BCUT2D eigenvalue weighted by atomic mass is 16.7. The molecular weight excluding hydrogens is 334 g/mol. The lowest BCUT2D eigenvalue weighted by molar-refractivity contribution is -0.127. The molecular formula is C19H19N3O4. The van der Waals surface area contributed by atoms with Crippen molar-refractivity contribution in [3.63, 3.8) is 0 Å². The van der Waals surface area contributed by atoms with Gasteiger partial charge in [-0.15, -0.1) is 0 Å². The van der Waals surface area contributed by atoms with Crippen molar-refractivity contribution in [1.82, 2.24) is 14.9 Å². The third-order valence-electron chi connectivity index (χ3n) is 4.40. The first-order chi connectivity index (χ1) is 12.8. The highest BCUT2D eigenvalue weighted by Gasteiger charge is 2.23. The van der Waals surface area contributed by atoms with E-state index >= 15 is 0 Å². The molecule has 26 heavy (non-hydrogen) atoms. The normalized spacial score (nSPS) is 16.8. The van der Waals surface area contributed by atoms with Gasteiger partial charge in [-0.25, -0.2) is 4.98 Å². The third kappa shape index (κ3) is 3.77. The number of ether oxygens (including phenoxy) is 3. The van der Waals surface area contributed by atoms with Crippen LogP contribution in [0.5, 0.6) is 17.4 Å². The van der Waals surface area contributed by atoms with Gasteiger partial charge in [0.1, 0.15) is 6.10 Å². The van der Waals surface area contributed by atoms with Crippen molar-refractivity contribution in [2.45, 2.75) is 18.9 Å². The van der Waals surface area contributed by atoms with Gasteiger partial charge in [-0.05, 0) is 23.8 Å². The zero-order valence-corrected chi connectivity index (χ0v) is 14.2. The monoisotopic (exact) mass is 353 g/mol. The van der Waals surface area contributed by atoms with E-state index in [1.54, 1.807) is 30.7 Å². The summed E-state index contributed by atoms with van der Waals surface area (Å²) in [7, 11) is 0. The molecule has 3 heterocycles. The van der Waals surface area contributed by atoms with E-state index in [-0.39, 0.29) is 18.8 Å². The van der Waals surface area contributed by atoms with Crippen LogP contribution < -0.4 is 14.2 Å². The first-order valence-electron chi connectivity index (χ1n) is 8.57. The SMILES string of the molecule is O=C(C=Cc1ccc2c(c1)OCO2)N1CCC(Oc2cnccn2)CC1. The Morgan fingerprint density at radius 2 is 2.04 bits per heavy atom. The van der Waals surface area contributed by atoms with Crippen LogP contribution in [-0.4, -0.2) is 46.8 Å². The zero-order chi connectivity index (χ0) is 17.8. The lowest BCUT2D eigenvalue weighted by Gasteiger charge is -2.31. The molecule has 0 bridgehead atoms. The lowest BCUT2D eigenvalue weighted by atomic mass is 10.1. The van der Waals surface area contributed by atoms with Crippen LogP contribution in [0.4, 0.5) is 0 Å². The minimum Gasteiger partial charge on any atom is -0.473 e. The fraction of sp³-hybridized carbons (Fsp3) is 0.316. The van der Waals surface area contributed by atoms with Crippen molar-refractivity contribution in [2.24, 2.45) is 0 Å². The molecule has 1 saturated heterocycles. The number of carbonyl (C=O) groups excluding carboxylic acids is 1. The molecule has 1 aromatic heterocycles. The summed E-state index contributed by atoms with van der Waals surface area (Å²) in [5, 5.41) is 0. The molecule has 0 radical (unpaired) electrons. The molecule has 2 aliphatic rings. The van der Waals surface area contributed by atoms with Crippen LogP contribution in [0.25, 0.3) is 6.08 Å². The number of aromatic nitrogens is 2. The number of hydrogen-bond acceptors (Lipinski definition) is 6. The third-order valence-corrected chi connectivity index (χ3v) is 4.40. The van der Waals surface area contributed by atoms with Gasteiger partial charge in [-0.3, -0.25) is 9.78 Å². The van der Waals surface area contributed by atoms with Gasteiger partial charge in [-0.1, -0.05) is 6.07 Å². The highest BCUT2D eigenvalue weighted by Crippen LogP contribution is 2.32. The maximum absolute atomic E-state index is 12.4. The standard InChI is InChI=1S/C19H19N3O4/c23-19(4-2-14-1-3-16-17(11-14)25-13-24-16)22-9-5-15(6-10-22)26-18-12-20-7-8-21-18/h1-4,7-8,11-12,15H,5-6,9-10,13H2. The van der Waals surface area contributed by atoms with E-state index in [2.05, 4.69) is 9.97 Å². The van der Waals surface area contributed by atoms with E-state index in [1.807, 2.05) is 23.1 Å². The Bertz CT molecular complexity index is 802. The summed E-state index contributed by atoms with van der Waals surface area (Å²) in [6.45, 7) is 1.57. The zero-order valence-electron chi connectivity index (χ0n) is 14.2. The molecule has 0 saturated carbocycles. The Morgan fingerprint density at radius 1 is 1.19 bits per heavy atom. The molecule has 0 unspecified atom stereocenters. The highest BCUT2D eigenvalue weighted by molar-refractivity contribution is 5.92. The van der Waals surface area contributed by atoms with Crippen molar-refractivity contribution < 1.29 is 19.0 Å². The molecule has 2 aromatic rings. The largest absolute Gasteiger partial charge is 0.473 e. The molecule has 7 nitrogen and oxygen atoms in total. The fourth-order valence-electron chi connectivity index (χ4n) is 3.00. The van der Waals surface area contributed by atoms with Crippen LogP contribution >= 0.6 is 0 Å². The number of fused-ring (bicyclic) bond motifs is 1. The van der Waals surface area contributed by atoms with E-state index < -0.39 is 0 Å². The van der Waals surface area contributed by atoms with Gasteiger partial charge < -0.3 is 19.1 Å². The molecule has 2 aliphatic heterocycles. The predicted molar refractivity (Wildman–Crippen MR) is 93.9 cm³/mol. The summed E-state index contributed by atoms with van der Waals surface area (Å²) < 4.78 is 16.4. The lowest BCUT2D eigenvalue weighted by Crippen LogP contribution is -2.41. The smallest absolute Gasteiger partial charge is 0.246 e. The number of amides is 1. The van der Waals surface area contributed by atoms with Crippen molar-refractivity contribution in [1.29, 1.82) is 0 Å². The Kier molecular flexibility index (Phi) is 4.68. The van der Waals surface area contributed by atoms with Crippen LogP contribution in [0.3, 0.4) is 0 Å². The number of hydrogen-bond donors (Lipinski definition) is 0. The Labute approximate surface area is 151 Å². The molecule has 1 amide bonds. The molecule has 4 rings (SSSR count). The second-order valence-electron chi connectivity index (χ2n) is 6.13. The van der Waals surface area contributed by atoms with Crippen LogP contribution in [-0.2, 0) is 4.79 Å². The maximum Gasteiger partial charge on any atom is 0.246 e. The molecule has 134 valence electrons. The van der Waals surface area contributed by atoms with Crippen LogP contribution in [0.1, 0.15) is 18.4 Å². The Morgan fingerprint density at radius 3 is 2.85 bits per heavy atom. The van der Waals surface area contributed by atoms with Crippen LogP contribution in [0.2, 0.25) is 0 Å². The molecule has 1 fully saturated rings. The summed E-state index contributed by atoms with van der Waals surface area (Å²) in [5.41, 5.74) is 0.906. The van der Waals surface area contributed by atoms with Gasteiger partial charge in [0.05, 0.1) is 6.20 Å². The van der Waals surface area contributed by atoms with Crippen LogP contribution in [0, 0.1) is 0 Å². The summed E-state index contributed by atoms with van der Waals surface area (Å²) in [6, 6.07) is 5.62. The summed E-state index contributed by atoms with van der Waals surface area (Å²) in [4.78, 5) is 22.3. The topological polar surface area (TPSA) is 73.8 Å². The summed E-state index contributed by atoms with van der Waals surface area (Å²) in [5.74, 6) is 1.97. The van der Waals surface area contributed by atoms with Gasteiger partial charge in [0, 0.05) is 44.4 Å². The van der Waals surface area contributed by atoms with Gasteiger partial charge >= 0.3 is 0 Å². The van der Waals surface area contributed by atoms with Gasteiger partial charge in [0.2, 0.25) is 18.6 Å². The van der Waals surface area contributed by atoms with E-state index in [0.717, 1.165) is 24.2 Å². The molecule has 0 aliphatic carbocycles. The summed E-state index contributed by atoms with van der Waals surface area (Å²) in [6.07, 6.45) is 9.84. The number of piperidine rings is 1. The van der Waals surface area contributed by atoms with Crippen molar-refractivity contribution in [2.75, 3.05) is 19.9 Å². The summed E-state index contributed by atoms with van der Waals surface area (Å²) >= 11 is 0. The number of carbonyl (C=O) groups is 1. The molecule has 0 atom stereocenters. The van der Waals surface area contributed by atoms with E-state index in [0.29, 0.717) is 24.7 Å². The molecule has 7 heteroatoms. The second kappa shape index (κ2) is 7.43. The average Bonchev–Trinajstić information content (AvgIpc) is 3.15. The maximum atomic E-state index is 12.4.